The monoisotopic (exact) mass is 619 g/mol. The van der Waals surface area contributed by atoms with E-state index in [1.165, 1.54) is 6.07 Å². The fourth-order valence-electron chi connectivity index (χ4n) is 3.07. The summed E-state index contributed by atoms with van der Waals surface area (Å²) in [6.45, 7) is -0.761. The summed E-state index contributed by atoms with van der Waals surface area (Å²) in [4.78, 5) is 57.1. The van der Waals surface area contributed by atoms with Gasteiger partial charge in [-0.1, -0.05) is 18.2 Å². The molecule has 19 nitrogen and oxygen atoms in total. The first-order valence-electron chi connectivity index (χ1n) is 10.6. The number of anilines is 1. The first-order valence-corrected chi connectivity index (χ1v) is 15.1. The summed E-state index contributed by atoms with van der Waals surface area (Å²) < 4.78 is 57.0. The molecular formula is C17H24N3O16P3. The summed E-state index contributed by atoms with van der Waals surface area (Å²) in [7, 11) is -16.8. The van der Waals surface area contributed by atoms with Crippen LogP contribution in [0.5, 0.6) is 5.75 Å². The molecule has 0 aliphatic carbocycles. The molecule has 22 heteroatoms. The van der Waals surface area contributed by atoms with Crippen molar-refractivity contribution in [3.8, 4) is 5.75 Å². The Kier molecular flexibility index (Phi) is 10.6. The van der Waals surface area contributed by atoms with Crippen LogP contribution in [0, 0.1) is 0 Å². The molecule has 2 unspecified atom stereocenters. The summed E-state index contributed by atoms with van der Waals surface area (Å²) in [6.07, 6.45) is -5.52. The van der Waals surface area contributed by atoms with Gasteiger partial charge in [-0.15, -0.1) is 0 Å². The first-order chi connectivity index (χ1) is 18.2. The molecule has 1 aliphatic heterocycles. The number of phosphoric acid groups is 3. The molecule has 1 aliphatic rings. The SMILES string of the molecule is O=c1nc(NOCCOc2ccccc2)ccn1[C@@H]1O[C@H](COP(=O)(O)OP(=O)(O)OP(=O)(O)O)[C@@H](O)[C@H]1O. The van der Waals surface area contributed by atoms with Crippen LogP contribution in [0.25, 0.3) is 0 Å². The number of benzene rings is 1. The van der Waals surface area contributed by atoms with Crippen molar-refractivity contribution in [2.24, 2.45) is 0 Å². The van der Waals surface area contributed by atoms with Crippen molar-refractivity contribution < 1.29 is 70.9 Å². The number of hydrogen-bond acceptors (Lipinski definition) is 14. The number of aromatic nitrogens is 2. The van der Waals surface area contributed by atoms with Crippen LogP contribution >= 0.6 is 23.5 Å². The molecule has 3 rings (SSSR count). The summed E-state index contributed by atoms with van der Waals surface area (Å²) in [5.41, 5.74) is 1.49. The number of aliphatic hydroxyl groups excluding tert-OH is 2. The van der Waals surface area contributed by atoms with E-state index >= 15 is 0 Å². The van der Waals surface area contributed by atoms with E-state index in [0.717, 1.165) is 10.8 Å². The maximum Gasteiger partial charge on any atom is 0.490 e. The van der Waals surface area contributed by atoms with Gasteiger partial charge in [0.1, 0.15) is 37.3 Å². The molecule has 1 aromatic carbocycles. The molecule has 7 N–H and O–H groups in total. The van der Waals surface area contributed by atoms with Crippen LogP contribution in [0.2, 0.25) is 0 Å². The minimum atomic E-state index is -5.75. The van der Waals surface area contributed by atoms with Gasteiger partial charge in [-0.3, -0.25) is 13.9 Å². The van der Waals surface area contributed by atoms with Crippen LogP contribution in [0.3, 0.4) is 0 Å². The first kappa shape index (κ1) is 31.5. The predicted molar refractivity (Wildman–Crippen MR) is 126 cm³/mol. The van der Waals surface area contributed by atoms with Crippen molar-refractivity contribution in [3.63, 3.8) is 0 Å². The second kappa shape index (κ2) is 13.1. The highest BCUT2D eigenvalue weighted by Crippen LogP contribution is 2.66. The molecule has 218 valence electrons. The molecule has 2 aromatic rings. The minimum Gasteiger partial charge on any atom is -0.491 e. The van der Waals surface area contributed by atoms with Crippen LogP contribution in [-0.2, 0) is 36.4 Å². The summed E-state index contributed by atoms with van der Waals surface area (Å²) in [6, 6.07) is 10.2. The average molecular weight is 619 g/mol. The number of aliphatic hydroxyl groups is 2. The zero-order chi connectivity index (χ0) is 28.8. The number of rotatable bonds is 14. The Labute approximate surface area is 218 Å². The van der Waals surface area contributed by atoms with Gasteiger partial charge in [0.05, 0.1) is 6.61 Å². The van der Waals surface area contributed by atoms with Crippen molar-refractivity contribution in [2.75, 3.05) is 25.3 Å². The minimum absolute atomic E-state index is 0.00629. The van der Waals surface area contributed by atoms with Gasteiger partial charge in [-0.2, -0.15) is 13.6 Å². The zero-order valence-electron chi connectivity index (χ0n) is 19.5. The van der Waals surface area contributed by atoms with Crippen LogP contribution in [0.4, 0.5) is 5.82 Å². The fourth-order valence-corrected chi connectivity index (χ4v) is 6.10. The number of ether oxygens (including phenoxy) is 2. The van der Waals surface area contributed by atoms with Gasteiger partial charge in [-0.05, 0) is 18.2 Å². The Bertz CT molecular complexity index is 1310. The van der Waals surface area contributed by atoms with E-state index in [-0.39, 0.29) is 19.0 Å². The zero-order valence-corrected chi connectivity index (χ0v) is 22.2. The van der Waals surface area contributed by atoms with E-state index in [0.29, 0.717) is 5.75 Å². The van der Waals surface area contributed by atoms with Crippen LogP contribution < -0.4 is 15.9 Å². The van der Waals surface area contributed by atoms with Crippen molar-refractivity contribution in [1.82, 2.24) is 9.55 Å². The number of phosphoric ester groups is 1. The van der Waals surface area contributed by atoms with Crippen molar-refractivity contribution >= 4 is 29.3 Å². The molecule has 6 atom stereocenters. The quantitative estimate of drug-likeness (QED) is 0.0807. The topological polar surface area (TPSA) is 275 Å². The normalized spacial score (nSPS) is 24.6. The third-order valence-corrected chi connectivity index (χ3v) is 8.44. The Morgan fingerprint density at radius 3 is 2.28 bits per heavy atom. The van der Waals surface area contributed by atoms with Crippen LogP contribution in [-0.4, -0.2) is 77.5 Å². The fraction of sp³-hybridized carbons (Fsp3) is 0.412. The van der Waals surface area contributed by atoms with E-state index in [4.69, 9.17) is 29.0 Å². The Balaban J connectivity index is 1.52. The molecule has 0 saturated carbocycles. The van der Waals surface area contributed by atoms with Gasteiger partial charge < -0.3 is 39.3 Å². The van der Waals surface area contributed by atoms with Crippen molar-refractivity contribution in [2.45, 2.75) is 24.5 Å². The lowest BCUT2D eigenvalue weighted by atomic mass is 10.1. The third-order valence-electron chi connectivity index (χ3n) is 4.63. The Hall–Kier alpha value is -2.05. The van der Waals surface area contributed by atoms with Crippen molar-refractivity contribution in [1.29, 1.82) is 0 Å². The Morgan fingerprint density at radius 1 is 0.949 bits per heavy atom. The number of nitrogens with one attached hydrogen (secondary N) is 1. The second-order valence-electron chi connectivity index (χ2n) is 7.55. The molecule has 1 aromatic heterocycles. The lowest BCUT2D eigenvalue weighted by Crippen LogP contribution is -2.36. The van der Waals surface area contributed by atoms with Crippen molar-refractivity contribution in [3.05, 3.63) is 53.1 Å². The number of nitrogens with zero attached hydrogens (tertiary/aromatic N) is 2. The maximum atomic E-state index is 12.4. The molecule has 0 radical (unpaired) electrons. The van der Waals surface area contributed by atoms with Crippen LogP contribution in [0.15, 0.2) is 47.4 Å². The summed E-state index contributed by atoms with van der Waals surface area (Å²) in [5.74, 6) is 0.632. The van der Waals surface area contributed by atoms with E-state index in [9.17, 15) is 33.6 Å². The lowest BCUT2D eigenvalue weighted by Gasteiger charge is -2.19. The predicted octanol–water partition coefficient (Wildman–Crippen LogP) is -0.372. The number of hydrogen-bond donors (Lipinski definition) is 7. The summed E-state index contributed by atoms with van der Waals surface area (Å²) in [5, 5.41) is 20.5. The number of para-hydroxylation sites is 1. The second-order valence-corrected chi connectivity index (χ2v) is 12.0. The molecule has 0 bridgehead atoms. The molecule has 1 saturated heterocycles. The van der Waals surface area contributed by atoms with Gasteiger partial charge in [0.2, 0.25) is 0 Å². The van der Waals surface area contributed by atoms with E-state index in [2.05, 4.69) is 23.6 Å². The van der Waals surface area contributed by atoms with Gasteiger partial charge in [-0.25, -0.2) is 24.0 Å². The van der Waals surface area contributed by atoms with Gasteiger partial charge >= 0.3 is 29.2 Å². The highest BCUT2D eigenvalue weighted by molar-refractivity contribution is 7.66. The molecular weight excluding hydrogens is 595 g/mol. The molecule has 1 fully saturated rings. The highest BCUT2D eigenvalue weighted by Gasteiger charge is 2.46. The highest BCUT2D eigenvalue weighted by atomic mass is 31.3. The van der Waals surface area contributed by atoms with Gasteiger partial charge in [0.15, 0.2) is 12.0 Å². The molecule has 0 amide bonds. The molecule has 39 heavy (non-hydrogen) atoms. The standard InChI is InChI=1S/C17H24N3O16P3/c21-14-12(10-33-38(27,28)36-39(29,30)35-37(24,25)26)34-16(15(14)22)20-7-6-13(18-17(20)23)19-32-9-8-31-11-4-2-1-3-5-11/h1-7,12,14-16,21-22H,8-10H2,(H,27,28)(H,29,30)(H,18,19,23)(H2,24,25,26)/t12-,14-,15-,16-/m1/s1. The van der Waals surface area contributed by atoms with Crippen LogP contribution in [0.1, 0.15) is 6.23 Å². The lowest BCUT2D eigenvalue weighted by molar-refractivity contribution is -0.0541. The molecule has 0 spiro atoms. The van der Waals surface area contributed by atoms with E-state index < -0.39 is 60.3 Å². The smallest absolute Gasteiger partial charge is 0.490 e. The maximum absolute atomic E-state index is 12.4. The summed E-state index contributed by atoms with van der Waals surface area (Å²) >= 11 is 0. The van der Waals surface area contributed by atoms with E-state index in [1.807, 2.05) is 6.07 Å². The molecule has 2 heterocycles. The van der Waals surface area contributed by atoms with E-state index in [1.54, 1.807) is 24.3 Å². The Morgan fingerprint density at radius 2 is 1.64 bits per heavy atom. The largest absolute Gasteiger partial charge is 0.491 e. The van der Waals surface area contributed by atoms with Gasteiger partial charge in [0, 0.05) is 6.20 Å². The van der Waals surface area contributed by atoms with Gasteiger partial charge in [0.25, 0.3) is 0 Å². The average Bonchev–Trinajstić information content (AvgIpc) is 3.09. The third kappa shape index (κ3) is 9.82.